The van der Waals surface area contributed by atoms with Gasteiger partial charge >= 0.3 is 0 Å². The SMILES string of the molecule is CC(C)NCCCCCNCCNC(=O)SS. The maximum Gasteiger partial charge on any atom is 0.289 e. The molecule has 0 aliphatic carbocycles. The molecular formula is C11H25N3OS2. The molecule has 0 rings (SSSR count). The number of hydrogen-bond acceptors (Lipinski definition) is 5. The van der Waals surface area contributed by atoms with Crippen molar-refractivity contribution in [3.8, 4) is 0 Å². The van der Waals surface area contributed by atoms with Crippen LogP contribution < -0.4 is 16.0 Å². The van der Waals surface area contributed by atoms with Crippen molar-refractivity contribution >= 4 is 27.7 Å². The van der Waals surface area contributed by atoms with Crippen molar-refractivity contribution in [3.05, 3.63) is 0 Å². The van der Waals surface area contributed by atoms with E-state index in [9.17, 15) is 4.79 Å². The van der Waals surface area contributed by atoms with E-state index in [0.717, 1.165) is 30.4 Å². The minimum atomic E-state index is -0.0881. The van der Waals surface area contributed by atoms with Crippen molar-refractivity contribution in [1.29, 1.82) is 0 Å². The number of rotatable bonds is 10. The highest BCUT2D eigenvalue weighted by molar-refractivity contribution is 8.74. The van der Waals surface area contributed by atoms with Crippen molar-refractivity contribution in [3.63, 3.8) is 0 Å². The summed E-state index contributed by atoms with van der Waals surface area (Å²) in [6, 6.07) is 0.585. The lowest BCUT2D eigenvalue weighted by atomic mass is 10.2. The highest BCUT2D eigenvalue weighted by Gasteiger charge is 1.96. The highest BCUT2D eigenvalue weighted by Crippen LogP contribution is 2.03. The quantitative estimate of drug-likeness (QED) is 0.281. The maximum atomic E-state index is 10.8. The van der Waals surface area contributed by atoms with E-state index in [1.165, 1.54) is 19.3 Å². The number of amides is 1. The Morgan fingerprint density at radius 2 is 1.82 bits per heavy atom. The van der Waals surface area contributed by atoms with Gasteiger partial charge in [0.25, 0.3) is 5.24 Å². The molecule has 0 saturated heterocycles. The molecular weight excluding hydrogens is 254 g/mol. The van der Waals surface area contributed by atoms with Crippen LogP contribution in [0, 0.1) is 0 Å². The van der Waals surface area contributed by atoms with E-state index in [1.807, 2.05) is 0 Å². The molecule has 1 amide bonds. The number of hydrogen-bond donors (Lipinski definition) is 4. The van der Waals surface area contributed by atoms with Gasteiger partial charge in [0, 0.05) is 29.9 Å². The molecule has 0 bridgehead atoms. The van der Waals surface area contributed by atoms with Crippen molar-refractivity contribution in [2.45, 2.75) is 39.2 Å². The topological polar surface area (TPSA) is 53.2 Å². The third kappa shape index (κ3) is 14.0. The molecule has 0 unspecified atom stereocenters. The largest absolute Gasteiger partial charge is 0.345 e. The summed E-state index contributed by atoms with van der Waals surface area (Å²) in [5.74, 6) is 0. The molecule has 0 aliphatic rings. The fourth-order valence-electron chi connectivity index (χ4n) is 1.35. The van der Waals surface area contributed by atoms with E-state index in [0.29, 0.717) is 12.6 Å². The van der Waals surface area contributed by atoms with Crippen LogP contribution in [0.4, 0.5) is 4.79 Å². The lowest BCUT2D eigenvalue weighted by Gasteiger charge is -2.08. The van der Waals surface area contributed by atoms with E-state index in [-0.39, 0.29) is 5.24 Å². The molecule has 0 aliphatic heterocycles. The van der Waals surface area contributed by atoms with Crippen LogP contribution in [-0.4, -0.2) is 37.5 Å². The number of thiol groups is 1. The van der Waals surface area contributed by atoms with E-state index < -0.39 is 0 Å². The lowest BCUT2D eigenvalue weighted by molar-refractivity contribution is 0.261. The lowest BCUT2D eigenvalue weighted by Crippen LogP contribution is -2.29. The molecule has 6 heteroatoms. The molecule has 4 nitrogen and oxygen atoms in total. The number of nitrogens with one attached hydrogen (secondary N) is 3. The zero-order chi connectivity index (χ0) is 12.9. The summed E-state index contributed by atoms with van der Waals surface area (Å²) in [4.78, 5) is 10.8. The summed E-state index contributed by atoms with van der Waals surface area (Å²) in [6.07, 6.45) is 3.66. The number of unbranched alkanes of at least 4 members (excludes halogenated alkanes) is 2. The molecule has 0 saturated carbocycles. The van der Waals surface area contributed by atoms with E-state index in [1.54, 1.807) is 0 Å². The van der Waals surface area contributed by atoms with Gasteiger partial charge in [0.15, 0.2) is 0 Å². The standard InChI is InChI=1S/C11H25N3OS2/c1-10(2)13-7-5-3-4-6-12-8-9-14-11(15)17-16/h10,12-13,16H,3-9H2,1-2H3,(H,14,15). The first kappa shape index (κ1) is 17.1. The fourth-order valence-corrected chi connectivity index (χ4v) is 1.71. The fraction of sp³-hybridized carbons (Fsp3) is 0.909. The highest BCUT2D eigenvalue weighted by atomic mass is 33.1. The van der Waals surface area contributed by atoms with Gasteiger partial charge in [-0.15, -0.1) is 11.7 Å². The van der Waals surface area contributed by atoms with Crippen LogP contribution in [0.25, 0.3) is 0 Å². The predicted octanol–water partition coefficient (Wildman–Crippen LogP) is 2.03. The summed E-state index contributed by atoms with van der Waals surface area (Å²) < 4.78 is 0. The Bertz CT molecular complexity index is 192. The van der Waals surface area contributed by atoms with Gasteiger partial charge in [-0.05, 0) is 25.9 Å². The van der Waals surface area contributed by atoms with Crippen molar-refractivity contribution < 1.29 is 4.79 Å². The van der Waals surface area contributed by atoms with Crippen LogP contribution in [-0.2, 0) is 0 Å². The second-order valence-electron chi connectivity index (χ2n) is 4.23. The van der Waals surface area contributed by atoms with E-state index in [2.05, 4.69) is 41.5 Å². The molecule has 0 atom stereocenters. The summed E-state index contributed by atoms with van der Waals surface area (Å²) in [5.41, 5.74) is 0. The first-order valence-corrected chi connectivity index (χ1v) is 8.07. The predicted molar refractivity (Wildman–Crippen MR) is 79.8 cm³/mol. The van der Waals surface area contributed by atoms with Crippen LogP contribution in [0.3, 0.4) is 0 Å². The van der Waals surface area contributed by atoms with Crippen LogP contribution in [0.1, 0.15) is 33.1 Å². The van der Waals surface area contributed by atoms with Crippen molar-refractivity contribution in [2.75, 3.05) is 26.2 Å². The van der Waals surface area contributed by atoms with Crippen LogP contribution >= 0.6 is 22.5 Å². The average Bonchev–Trinajstić information content (AvgIpc) is 2.30. The van der Waals surface area contributed by atoms with Gasteiger partial charge in [-0.3, -0.25) is 4.79 Å². The van der Waals surface area contributed by atoms with Gasteiger partial charge in [-0.2, -0.15) is 0 Å². The Hall–Kier alpha value is 0.0900. The molecule has 0 fully saturated rings. The second-order valence-corrected chi connectivity index (χ2v) is 5.33. The molecule has 102 valence electrons. The molecule has 0 radical (unpaired) electrons. The Morgan fingerprint density at radius 1 is 1.12 bits per heavy atom. The van der Waals surface area contributed by atoms with Crippen LogP contribution in [0.2, 0.25) is 0 Å². The normalized spacial score (nSPS) is 10.8. The van der Waals surface area contributed by atoms with Crippen LogP contribution in [0.5, 0.6) is 0 Å². The maximum absolute atomic E-state index is 10.8. The molecule has 3 N–H and O–H groups in total. The Morgan fingerprint density at radius 3 is 2.47 bits per heavy atom. The van der Waals surface area contributed by atoms with Gasteiger partial charge < -0.3 is 16.0 Å². The molecule has 0 aromatic rings. The summed E-state index contributed by atoms with van der Waals surface area (Å²) in [5, 5.41) is 9.34. The molecule has 0 spiro atoms. The second kappa shape index (κ2) is 12.5. The monoisotopic (exact) mass is 279 g/mol. The Labute approximate surface area is 114 Å². The minimum Gasteiger partial charge on any atom is -0.345 e. The average molecular weight is 279 g/mol. The van der Waals surface area contributed by atoms with Gasteiger partial charge in [-0.25, -0.2) is 0 Å². The summed E-state index contributed by atoms with van der Waals surface area (Å²) in [6.45, 7) is 7.95. The number of carbonyl (C=O) groups is 1. The minimum absolute atomic E-state index is 0.0881. The molecule has 0 heterocycles. The van der Waals surface area contributed by atoms with Gasteiger partial charge in [0.1, 0.15) is 0 Å². The molecule has 0 aromatic heterocycles. The zero-order valence-electron chi connectivity index (χ0n) is 10.8. The molecule has 17 heavy (non-hydrogen) atoms. The third-order valence-electron chi connectivity index (χ3n) is 2.24. The van der Waals surface area contributed by atoms with Gasteiger partial charge in [0.05, 0.1) is 0 Å². The first-order chi connectivity index (χ1) is 8.16. The van der Waals surface area contributed by atoms with Crippen LogP contribution in [0.15, 0.2) is 0 Å². The third-order valence-corrected chi connectivity index (χ3v) is 3.04. The Kier molecular flexibility index (Phi) is 12.6. The van der Waals surface area contributed by atoms with E-state index >= 15 is 0 Å². The molecule has 0 aromatic carbocycles. The summed E-state index contributed by atoms with van der Waals surface area (Å²) in [7, 11) is 0.914. The van der Waals surface area contributed by atoms with E-state index in [4.69, 9.17) is 0 Å². The number of carbonyl (C=O) groups excluding carboxylic acids is 1. The summed E-state index contributed by atoms with van der Waals surface area (Å²) >= 11 is 3.80. The smallest absolute Gasteiger partial charge is 0.289 e. The van der Waals surface area contributed by atoms with Gasteiger partial charge in [0.2, 0.25) is 0 Å². The Balaban J connectivity index is 3.01. The van der Waals surface area contributed by atoms with Crippen molar-refractivity contribution in [1.82, 2.24) is 16.0 Å². The first-order valence-electron chi connectivity index (χ1n) is 6.20. The van der Waals surface area contributed by atoms with Gasteiger partial charge in [-0.1, -0.05) is 20.3 Å². The van der Waals surface area contributed by atoms with Crippen molar-refractivity contribution in [2.24, 2.45) is 0 Å². The zero-order valence-corrected chi connectivity index (χ0v) is 12.5.